The van der Waals surface area contributed by atoms with Crippen LogP contribution in [0.5, 0.6) is 0 Å². The molecule has 0 bridgehead atoms. The van der Waals surface area contributed by atoms with Gasteiger partial charge in [0.15, 0.2) is 0 Å². The highest BCUT2D eigenvalue weighted by molar-refractivity contribution is 8.78. The molecule has 0 amide bonds. The Balaban J connectivity index is 1.64. The minimum absolute atomic E-state index is 0.812. The van der Waals surface area contributed by atoms with Crippen LogP contribution in [0, 0.1) is 0 Å². The van der Waals surface area contributed by atoms with Gasteiger partial charge in [-0.2, -0.15) is 0 Å². The van der Waals surface area contributed by atoms with E-state index in [1.807, 2.05) is 21.6 Å². The normalized spacial score (nSPS) is 17.2. The smallest absolute Gasteiger partial charge is 0.0342 e. The summed E-state index contributed by atoms with van der Waals surface area (Å²) in [5, 5.41) is 3.06. The van der Waals surface area contributed by atoms with Crippen molar-refractivity contribution in [3.63, 3.8) is 0 Å². The van der Waals surface area contributed by atoms with E-state index in [2.05, 4.69) is 18.4 Å². The third kappa shape index (κ3) is 14.5. The number of hydrogen-bond acceptors (Lipinski definition) is 2. The SMILES string of the molecule is CCCCCCCCCCCCCCCCCCC1C=CSS1. The summed E-state index contributed by atoms with van der Waals surface area (Å²) < 4.78 is 0. The van der Waals surface area contributed by atoms with Gasteiger partial charge in [-0.25, -0.2) is 0 Å². The standard InChI is InChI=1S/C21H40S2/c1-2-3-4-5-6-7-8-9-10-11-12-13-14-15-16-17-18-21-19-20-22-23-21/h19-21H,2-18H2,1H3. The lowest BCUT2D eigenvalue weighted by Crippen LogP contribution is -1.93. The lowest BCUT2D eigenvalue weighted by Gasteiger charge is -2.06. The molecule has 1 aliphatic rings. The molecule has 0 radical (unpaired) electrons. The maximum Gasteiger partial charge on any atom is 0.0342 e. The van der Waals surface area contributed by atoms with Crippen LogP contribution in [-0.4, -0.2) is 5.25 Å². The highest BCUT2D eigenvalue weighted by Gasteiger charge is 2.09. The average Bonchev–Trinajstić information content (AvgIpc) is 3.08. The predicted octanol–water partition coefficient (Wildman–Crippen LogP) is 8.92. The Bertz CT molecular complexity index is 263. The molecule has 0 aromatic heterocycles. The van der Waals surface area contributed by atoms with E-state index in [1.165, 1.54) is 109 Å². The quantitative estimate of drug-likeness (QED) is 0.188. The Morgan fingerprint density at radius 2 is 1.04 bits per heavy atom. The van der Waals surface area contributed by atoms with E-state index in [0.29, 0.717) is 0 Å². The second-order valence-electron chi connectivity index (χ2n) is 7.15. The minimum atomic E-state index is 0.812. The molecule has 0 fully saturated rings. The Morgan fingerprint density at radius 3 is 1.43 bits per heavy atom. The van der Waals surface area contributed by atoms with Crippen LogP contribution in [0.3, 0.4) is 0 Å². The van der Waals surface area contributed by atoms with E-state index >= 15 is 0 Å². The molecule has 1 unspecified atom stereocenters. The fourth-order valence-corrected chi connectivity index (χ4v) is 5.55. The zero-order chi connectivity index (χ0) is 16.4. The van der Waals surface area contributed by atoms with Crippen LogP contribution in [0.2, 0.25) is 0 Å². The Kier molecular flexibility index (Phi) is 16.1. The molecule has 1 heterocycles. The van der Waals surface area contributed by atoms with Crippen molar-refractivity contribution >= 4 is 21.6 Å². The molecule has 0 aromatic carbocycles. The molecule has 23 heavy (non-hydrogen) atoms. The molecular weight excluding hydrogens is 316 g/mol. The van der Waals surface area contributed by atoms with Crippen molar-refractivity contribution in [1.82, 2.24) is 0 Å². The first-order valence-corrected chi connectivity index (χ1v) is 12.7. The largest absolute Gasteiger partial charge is 0.0819 e. The summed E-state index contributed by atoms with van der Waals surface area (Å²) >= 11 is 0. The molecule has 2 heteroatoms. The van der Waals surface area contributed by atoms with Crippen LogP contribution in [0.25, 0.3) is 0 Å². The van der Waals surface area contributed by atoms with Gasteiger partial charge in [0.05, 0.1) is 0 Å². The van der Waals surface area contributed by atoms with E-state index < -0.39 is 0 Å². The zero-order valence-corrected chi connectivity index (χ0v) is 17.2. The van der Waals surface area contributed by atoms with Gasteiger partial charge in [-0.1, -0.05) is 137 Å². The fourth-order valence-electron chi connectivity index (χ4n) is 3.29. The van der Waals surface area contributed by atoms with Gasteiger partial charge in [-0.15, -0.1) is 0 Å². The Morgan fingerprint density at radius 1 is 0.609 bits per heavy atom. The van der Waals surface area contributed by atoms with Crippen LogP contribution in [0.4, 0.5) is 0 Å². The molecule has 0 aromatic rings. The summed E-state index contributed by atoms with van der Waals surface area (Å²) in [6, 6.07) is 0. The fraction of sp³-hybridized carbons (Fsp3) is 0.905. The van der Waals surface area contributed by atoms with Gasteiger partial charge in [0, 0.05) is 5.25 Å². The second-order valence-corrected chi connectivity index (χ2v) is 9.57. The van der Waals surface area contributed by atoms with Crippen LogP contribution in [0.15, 0.2) is 11.5 Å². The summed E-state index contributed by atoms with van der Waals surface area (Å²) in [6.07, 6.45) is 27.2. The van der Waals surface area contributed by atoms with Gasteiger partial charge in [0.25, 0.3) is 0 Å². The third-order valence-electron chi connectivity index (χ3n) is 4.87. The third-order valence-corrected chi connectivity index (χ3v) is 7.30. The molecule has 0 saturated heterocycles. The number of unbranched alkanes of at least 4 members (excludes halogenated alkanes) is 15. The summed E-state index contributed by atoms with van der Waals surface area (Å²) in [6.45, 7) is 2.30. The maximum atomic E-state index is 2.38. The maximum absolute atomic E-state index is 2.38. The van der Waals surface area contributed by atoms with Crippen LogP contribution in [0.1, 0.15) is 116 Å². The zero-order valence-electron chi connectivity index (χ0n) is 15.6. The van der Waals surface area contributed by atoms with E-state index in [9.17, 15) is 0 Å². The molecule has 136 valence electrons. The highest BCUT2D eigenvalue weighted by Crippen LogP contribution is 2.37. The summed E-state index contributed by atoms with van der Waals surface area (Å²) in [7, 11) is 3.94. The first-order valence-electron chi connectivity index (χ1n) is 10.4. The Hall–Kier alpha value is 0.440. The van der Waals surface area contributed by atoms with Crippen molar-refractivity contribution in [1.29, 1.82) is 0 Å². The van der Waals surface area contributed by atoms with Gasteiger partial charge in [0.2, 0.25) is 0 Å². The van der Waals surface area contributed by atoms with Crippen molar-refractivity contribution in [2.45, 2.75) is 121 Å². The molecule has 1 aliphatic heterocycles. The second kappa shape index (κ2) is 17.3. The van der Waals surface area contributed by atoms with Crippen molar-refractivity contribution in [2.75, 3.05) is 0 Å². The lowest BCUT2D eigenvalue weighted by atomic mass is 10.0. The summed E-state index contributed by atoms with van der Waals surface area (Å²) in [5.74, 6) is 0. The van der Waals surface area contributed by atoms with Crippen molar-refractivity contribution in [2.24, 2.45) is 0 Å². The van der Waals surface area contributed by atoms with Crippen LogP contribution >= 0.6 is 21.6 Å². The molecule has 0 saturated carbocycles. The first-order chi connectivity index (χ1) is 11.4. The topological polar surface area (TPSA) is 0 Å². The van der Waals surface area contributed by atoms with Gasteiger partial charge in [0.1, 0.15) is 0 Å². The molecule has 0 spiro atoms. The summed E-state index contributed by atoms with van der Waals surface area (Å²) in [4.78, 5) is 0. The van der Waals surface area contributed by atoms with E-state index in [1.54, 1.807) is 0 Å². The van der Waals surface area contributed by atoms with Crippen molar-refractivity contribution in [3.8, 4) is 0 Å². The van der Waals surface area contributed by atoms with Crippen LogP contribution in [-0.2, 0) is 0 Å². The number of hydrogen-bond donors (Lipinski definition) is 0. The van der Waals surface area contributed by atoms with Crippen LogP contribution < -0.4 is 0 Å². The van der Waals surface area contributed by atoms with E-state index in [4.69, 9.17) is 0 Å². The van der Waals surface area contributed by atoms with Gasteiger partial charge in [-0.3, -0.25) is 0 Å². The first kappa shape index (κ1) is 21.5. The molecule has 0 N–H and O–H groups in total. The van der Waals surface area contributed by atoms with Gasteiger partial charge < -0.3 is 0 Å². The lowest BCUT2D eigenvalue weighted by molar-refractivity contribution is 0.528. The summed E-state index contributed by atoms with van der Waals surface area (Å²) in [5.41, 5.74) is 0. The van der Waals surface area contributed by atoms with E-state index in [0.717, 1.165) is 5.25 Å². The highest BCUT2D eigenvalue weighted by atomic mass is 33.1. The number of rotatable bonds is 17. The molecular formula is C21H40S2. The van der Waals surface area contributed by atoms with Crippen molar-refractivity contribution < 1.29 is 0 Å². The predicted molar refractivity (Wildman–Crippen MR) is 112 cm³/mol. The Labute approximate surface area is 154 Å². The van der Waals surface area contributed by atoms with Gasteiger partial charge >= 0.3 is 0 Å². The minimum Gasteiger partial charge on any atom is -0.0819 e. The molecule has 1 atom stereocenters. The van der Waals surface area contributed by atoms with E-state index in [-0.39, 0.29) is 0 Å². The van der Waals surface area contributed by atoms with Gasteiger partial charge in [-0.05, 0) is 11.8 Å². The van der Waals surface area contributed by atoms with Crippen molar-refractivity contribution in [3.05, 3.63) is 11.5 Å². The molecule has 1 rings (SSSR count). The monoisotopic (exact) mass is 356 g/mol. The average molecular weight is 357 g/mol. The molecule has 0 aliphatic carbocycles. The molecule has 0 nitrogen and oxygen atoms in total.